The minimum absolute atomic E-state index is 0.0368. The molecule has 44 heavy (non-hydrogen) atoms. The predicted octanol–water partition coefficient (Wildman–Crippen LogP) is 5.53. The quantitative estimate of drug-likeness (QED) is 0.395. The Balaban J connectivity index is 1.45. The SMILES string of the molecule is C[C@@H]1[C@@H](C)C/C=C/[C@](O)(CC#N)[C@@H]2CC[C@H]2CN2C[C@@]3(CCCc4cc(Cl)ccc43)COc3ccc(cc32)C(=O)NS1(=O)=O. The number of hydrogen-bond donors (Lipinski definition) is 2. The Morgan fingerprint density at radius 2 is 2.02 bits per heavy atom. The molecule has 234 valence electrons. The molecule has 1 saturated carbocycles. The summed E-state index contributed by atoms with van der Waals surface area (Å²) in [6.45, 7) is 5.08. The summed E-state index contributed by atoms with van der Waals surface area (Å²) in [5.74, 6) is -0.385. The predicted molar refractivity (Wildman–Crippen MR) is 170 cm³/mol. The van der Waals surface area contributed by atoms with Crippen LogP contribution in [0.2, 0.25) is 5.02 Å². The number of amides is 1. The van der Waals surface area contributed by atoms with Gasteiger partial charge in [-0.3, -0.25) is 4.79 Å². The third-order valence-corrected chi connectivity index (χ3v) is 12.8. The summed E-state index contributed by atoms with van der Waals surface area (Å²) in [4.78, 5) is 15.6. The van der Waals surface area contributed by atoms with E-state index < -0.39 is 26.8 Å². The van der Waals surface area contributed by atoms with Crippen molar-refractivity contribution in [2.45, 2.75) is 75.1 Å². The number of sulfonamides is 1. The number of halogens is 1. The van der Waals surface area contributed by atoms with Crippen molar-refractivity contribution in [1.29, 1.82) is 5.26 Å². The number of anilines is 1. The molecule has 2 aliphatic heterocycles. The van der Waals surface area contributed by atoms with Gasteiger partial charge in [0.1, 0.15) is 5.75 Å². The number of nitrogens with zero attached hydrogens (tertiary/aromatic N) is 2. The van der Waals surface area contributed by atoms with Crippen molar-refractivity contribution in [2.75, 3.05) is 24.6 Å². The number of allylic oxidation sites excluding steroid dienone is 1. The molecule has 0 saturated heterocycles. The highest BCUT2D eigenvalue weighted by atomic mass is 35.5. The Bertz CT molecular complexity index is 1640. The molecule has 0 aromatic heterocycles. The number of aliphatic hydroxyl groups is 1. The molecule has 6 atom stereocenters. The van der Waals surface area contributed by atoms with Crippen LogP contribution in [0.15, 0.2) is 48.6 Å². The molecule has 2 N–H and O–H groups in total. The van der Waals surface area contributed by atoms with Crippen LogP contribution in [0.4, 0.5) is 5.69 Å². The number of nitrogens with one attached hydrogen (secondary N) is 1. The monoisotopic (exact) mass is 637 g/mol. The lowest BCUT2D eigenvalue weighted by Crippen LogP contribution is -2.52. The molecule has 2 heterocycles. The molecule has 8 nitrogen and oxygen atoms in total. The van der Waals surface area contributed by atoms with E-state index in [-0.39, 0.29) is 35.2 Å². The summed E-state index contributed by atoms with van der Waals surface area (Å²) < 4.78 is 35.3. The average Bonchev–Trinajstić information content (AvgIpc) is 3.11. The first-order chi connectivity index (χ1) is 20.9. The van der Waals surface area contributed by atoms with Gasteiger partial charge in [0.2, 0.25) is 10.0 Å². The molecule has 2 aromatic carbocycles. The molecule has 6 rings (SSSR count). The van der Waals surface area contributed by atoms with Gasteiger partial charge in [-0.2, -0.15) is 5.26 Å². The highest BCUT2D eigenvalue weighted by Gasteiger charge is 2.48. The summed E-state index contributed by atoms with van der Waals surface area (Å²) >= 11 is 6.39. The van der Waals surface area contributed by atoms with Gasteiger partial charge in [-0.25, -0.2) is 13.1 Å². The van der Waals surface area contributed by atoms with Crippen molar-refractivity contribution < 1.29 is 23.1 Å². The number of aryl methyl sites for hydroxylation is 1. The zero-order valence-corrected chi connectivity index (χ0v) is 26.8. The second-order valence-electron chi connectivity index (χ2n) is 13.4. The van der Waals surface area contributed by atoms with Crippen LogP contribution in [0, 0.1) is 29.1 Å². The van der Waals surface area contributed by atoms with E-state index in [4.69, 9.17) is 16.3 Å². The smallest absolute Gasteiger partial charge is 0.264 e. The van der Waals surface area contributed by atoms with E-state index in [0.29, 0.717) is 36.9 Å². The van der Waals surface area contributed by atoms with Crippen LogP contribution in [0.5, 0.6) is 5.75 Å². The molecule has 0 unspecified atom stereocenters. The number of carbonyl (C=O) groups is 1. The molecule has 2 bridgehead atoms. The van der Waals surface area contributed by atoms with E-state index in [2.05, 4.69) is 21.8 Å². The number of ether oxygens (including phenoxy) is 1. The first-order valence-electron chi connectivity index (χ1n) is 15.6. The molecular formula is C34H40ClN3O5S. The molecule has 1 amide bonds. The Kier molecular flexibility index (Phi) is 8.23. The fourth-order valence-corrected chi connectivity index (χ4v) is 9.17. The van der Waals surface area contributed by atoms with Crippen LogP contribution in [-0.2, 0) is 21.9 Å². The highest BCUT2D eigenvalue weighted by molar-refractivity contribution is 7.90. The summed E-state index contributed by atoms with van der Waals surface area (Å²) in [7, 11) is -3.99. The molecule has 2 aliphatic carbocycles. The van der Waals surface area contributed by atoms with Crippen LogP contribution < -0.4 is 14.4 Å². The molecule has 4 aliphatic rings. The van der Waals surface area contributed by atoms with Crippen molar-refractivity contribution in [3.63, 3.8) is 0 Å². The summed E-state index contributed by atoms with van der Waals surface area (Å²) in [5, 5.41) is 21.4. The van der Waals surface area contributed by atoms with Crippen molar-refractivity contribution in [1.82, 2.24) is 4.72 Å². The van der Waals surface area contributed by atoms with E-state index in [1.165, 1.54) is 11.1 Å². The van der Waals surface area contributed by atoms with Crippen molar-refractivity contribution >= 4 is 33.2 Å². The van der Waals surface area contributed by atoms with Gasteiger partial charge in [-0.05, 0) is 105 Å². The third-order valence-electron chi connectivity index (χ3n) is 10.6. The third kappa shape index (κ3) is 5.61. The summed E-state index contributed by atoms with van der Waals surface area (Å²) in [6.07, 6.45) is 8.41. The average molecular weight is 638 g/mol. The van der Waals surface area contributed by atoms with E-state index in [1.807, 2.05) is 19.1 Å². The van der Waals surface area contributed by atoms with Gasteiger partial charge >= 0.3 is 0 Å². The molecule has 0 radical (unpaired) electrons. The van der Waals surface area contributed by atoms with E-state index >= 15 is 0 Å². The lowest BCUT2D eigenvalue weighted by Gasteiger charge is -2.48. The Morgan fingerprint density at radius 1 is 1.20 bits per heavy atom. The van der Waals surface area contributed by atoms with E-state index in [9.17, 15) is 23.6 Å². The van der Waals surface area contributed by atoms with E-state index in [1.54, 1.807) is 37.3 Å². The van der Waals surface area contributed by atoms with Gasteiger partial charge in [-0.15, -0.1) is 0 Å². The maximum atomic E-state index is 13.4. The molecule has 10 heteroatoms. The summed E-state index contributed by atoms with van der Waals surface area (Å²) in [6, 6.07) is 13.4. The lowest BCUT2D eigenvalue weighted by molar-refractivity contribution is -0.0417. The van der Waals surface area contributed by atoms with E-state index in [0.717, 1.165) is 37.8 Å². The Labute approximate surface area is 265 Å². The maximum Gasteiger partial charge on any atom is 0.264 e. The minimum atomic E-state index is -3.99. The molecule has 2 aromatic rings. The molecular weight excluding hydrogens is 598 g/mol. The largest absolute Gasteiger partial charge is 0.490 e. The standard InChI is InChI=1S/C34H40ClN3O5S/c1-22-5-3-14-34(40,15-16-36)29-10-7-26(29)19-38-20-33(13-4-6-24-17-27(35)9-11-28(24)33)21-43-31-12-8-25(18-30(31)38)32(39)37-44(41,42)23(22)2/h3,8-9,11-12,14,17-18,22-23,26,29,40H,4-7,10,13,15,19-21H2,1-2H3,(H,37,39)/b14-3+/t22-,23+,26-,29+,33-,34-/m0/s1. The first kappa shape index (κ1) is 30.9. The van der Waals surface area contributed by atoms with Gasteiger partial charge in [-0.1, -0.05) is 36.7 Å². The zero-order chi connectivity index (χ0) is 31.3. The van der Waals surface area contributed by atoms with Crippen LogP contribution in [0.1, 0.15) is 73.9 Å². The van der Waals surface area contributed by atoms with Crippen molar-refractivity contribution in [3.05, 3.63) is 70.3 Å². The number of nitriles is 1. The number of benzene rings is 2. The Hall–Kier alpha value is -3.06. The van der Waals surface area contributed by atoms with Gasteiger partial charge in [0, 0.05) is 29.1 Å². The first-order valence-corrected chi connectivity index (χ1v) is 17.5. The molecule has 1 spiro atoms. The second-order valence-corrected chi connectivity index (χ2v) is 15.8. The maximum absolute atomic E-state index is 13.4. The zero-order valence-electron chi connectivity index (χ0n) is 25.3. The Morgan fingerprint density at radius 3 is 2.77 bits per heavy atom. The minimum Gasteiger partial charge on any atom is -0.490 e. The molecule has 1 fully saturated rings. The number of hydrogen-bond acceptors (Lipinski definition) is 7. The highest BCUT2D eigenvalue weighted by Crippen LogP contribution is 2.49. The van der Waals surface area contributed by atoms with Gasteiger partial charge < -0.3 is 14.7 Å². The van der Waals surface area contributed by atoms with Crippen LogP contribution >= 0.6 is 11.6 Å². The number of fused-ring (bicyclic) bond motifs is 4. The fourth-order valence-electron chi connectivity index (χ4n) is 7.69. The fraction of sp³-hybridized carbons (Fsp3) is 0.529. The number of rotatable bonds is 1. The van der Waals surface area contributed by atoms with Gasteiger partial charge in [0.15, 0.2) is 0 Å². The van der Waals surface area contributed by atoms with Crippen LogP contribution in [-0.4, -0.2) is 50.0 Å². The van der Waals surface area contributed by atoms with Crippen molar-refractivity contribution in [3.8, 4) is 11.8 Å². The number of carbonyl (C=O) groups excluding carboxylic acids is 1. The lowest BCUT2D eigenvalue weighted by atomic mass is 9.63. The van der Waals surface area contributed by atoms with Gasteiger partial charge in [0.25, 0.3) is 5.91 Å². The second kappa shape index (κ2) is 11.7. The normalized spacial score (nSPS) is 33.8. The van der Waals surface area contributed by atoms with Crippen LogP contribution in [0.3, 0.4) is 0 Å². The van der Waals surface area contributed by atoms with Crippen LogP contribution in [0.25, 0.3) is 0 Å². The topological polar surface area (TPSA) is 120 Å². The van der Waals surface area contributed by atoms with Gasteiger partial charge in [0.05, 0.1) is 35.6 Å². The van der Waals surface area contributed by atoms with Crippen molar-refractivity contribution in [2.24, 2.45) is 17.8 Å². The summed E-state index contributed by atoms with van der Waals surface area (Å²) in [5.41, 5.74) is 1.77.